The predicted octanol–water partition coefficient (Wildman–Crippen LogP) is 3.71. The lowest BCUT2D eigenvalue weighted by atomic mass is 10.2. The van der Waals surface area contributed by atoms with Crippen LogP contribution in [0.2, 0.25) is 5.02 Å². The number of nitrogens with one attached hydrogen (secondary N) is 1. The Labute approximate surface area is 108 Å². The maximum atomic E-state index is 10.8. The van der Waals surface area contributed by atoms with Crippen molar-refractivity contribution in [1.29, 1.82) is 0 Å². The Morgan fingerprint density at radius 2 is 2.24 bits per heavy atom. The molecule has 2 N–H and O–H groups in total. The molecule has 3 nitrogen and oxygen atoms in total. The van der Waals surface area contributed by atoms with Gasteiger partial charge in [0.2, 0.25) is 0 Å². The summed E-state index contributed by atoms with van der Waals surface area (Å²) in [6.45, 7) is 0.709. The van der Waals surface area contributed by atoms with Crippen molar-refractivity contribution in [2.45, 2.75) is 6.54 Å². The molecule has 5 heteroatoms. The third-order valence-electron chi connectivity index (χ3n) is 2.25. The van der Waals surface area contributed by atoms with E-state index in [0.717, 1.165) is 5.69 Å². The van der Waals surface area contributed by atoms with Gasteiger partial charge in [0, 0.05) is 17.1 Å². The van der Waals surface area contributed by atoms with Crippen molar-refractivity contribution in [3.05, 3.63) is 51.2 Å². The Morgan fingerprint density at radius 1 is 1.41 bits per heavy atom. The zero-order valence-corrected chi connectivity index (χ0v) is 10.4. The van der Waals surface area contributed by atoms with Gasteiger partial charge in [-0.25, -0.2) is 4.79 Å². The molecule has 1 heterocycles. The van der Waals surface area contributed by atoms with Crippen molar-refractivity contribution in [2.24, 2.45) is 0 Å². The van der Waals surface area contributed by atoms with E-state index in [1.54, 1.807) is 23.5 Å². The van der Waals surface area contributed by atoms with E-state index in [-0.39, 0.29) is 10.6 Å². The first-order valence-corrected chi connectivity index (χ1v) is 6.21. The highest BCUT2D eigenvalue weighted by Crippen LogP contribution is 2.21. The normalized spacial score (nSPS) is 10.2. The van der Waals surface area contributed by atoms with E-state index in [1.165, 1.54) is 10.9 Å². The van der Waals surface area contributed by atoms with Crippen molar-refractivity contribution in [1.82, 2.24) is 0 Å². The third-order valence-corrected chi connectivity index (χ3v) is 3.44. The second-order valence-electron chi connectivity index (χ2n) is 3.43. The fraction of sp³-hybridized carbons (Fsp3) is 0.0833. The van der Waals surface area contributed by atoms with Crippen molar-refractivity contribution >= 4 is 34.6 Å². The number of aromatic carboxylic acids is 1. The van der Waals surface area contributed by atoms with Gasteiger partial charge in [-0.2, -0.15) is 0 Å². The molecule has 0 aliphatic carbocycles. The van der Waals surface area contributed by atoms with Gasteiger partial charge in [-0.05, 0) is 29.6 Å². The van der Waals surface area contributed by atoms with E-state index < -0.39 is 5.97 Å². The summed E-state index contributed by atoms with van der Waals surface area (Å²) < 4.78 is 0. The van der Waals surface area contributed by atoms with Crippen LogP contribution in [-0.2, 0) is 6.54 Å². The third kappa shape index (κ3) is 2.99. The lowest BCUT2D eigenvalue weighted by molar-refractivity contribution is 0.0697. The second kappa shape index (κ2) is 5.21. The van der Waals surface area contributed by atoms with Crippen LogP contribution in [0.5, 0.6) is 0 Å². The molecule has 1 aromatic carbocycles. The lowest BCUT2D eigenvalue weighted by Gasteiger charge is -2.06. The quantitative estimate of drug-likeness (QED) is 0.888. The number of hydrogen-bond acceptors (Lipinski definition) is 3. The number of carbonyl (C=O) groups is 1. The lowest BCUT2D eigenvalue weighted by Crippen LogP contribution is -2.00. The standard InChI is InChI=1S/C12H10ClNO2S/c13-11-6-8(3-4-10(11)12(15)16)14-7-9-2-1-5-17-9/h1-6,14H,7H2,(H,15,16). The molecule has 0 spiro atoms. The molecule has 0 saturated heterocycles. The van der Waals surface area contributed by atoms with Gasteiger partial charge >= 0.3 is 5.97 Å². The first-order valence-electron chi connectivity index (χ1n) is 4.96. The van der Waals surface area contributed by atoms with Gasteiger partial charge in [-0.1, -0.05) is 17.7 Å². The van der Waals surface area contributed by atoms with Gasteiger partial charge in [-0.3, -0.25) is 0 Å². The first kappa shape index (κ1) is 12.0. The van der Waals surface area contributed by atoms with Crippen molar-refractivity contribution in [3.63, 3.8) is 0 Å². The first-order chi connectivity index (χ1) is 8.16. The molecule has 0 radical (unpaired) electrons. The highest BCUT2D eigenvalue weighted by atomic mass is 35.5. The number of anilines is 1. The number of carboxylic acid groups (broad SMARTS) is 1. The molecular weight excluding hydrogens is 258 g/mol. The van der Waals surface area contributed by atoms with Crippen molar-refractivity contribution in [2.75, 3.05) is 5.32 Å². The molecule has 88 valence electrons. The van der Waals surface area contributed by atoms with E-state index in [0.29, 0.717) is 6.54 Å². The minimum atomic E-state index is -1.01. The molecule has 0 unspecified atom stereocenters. The molecule has 0 atom stereocenters. The number of rotatable bonds is 4. The Bertz CT molecular complexity index is 525. The molecule has 0 amide bonds. The zero-order valence-electron chi connectivity index (χ0n) is 8.81. The number of halogens is 1. The van der Waals surface area contributed by atoms with Gasteiger partial charge in [0.25, 0.3) is 0 Å². The minimum Gasteiger partial charge on any atom is -0.478 e. The number of benzene rings is 1. The summed E-state index contributed by atoms with van der Waals surface area (Å²) in [5.74, 6) is -1.01. The molecule has 0 aliphatic heterocycles. The van der Waals surface area contributed by atoms with Gasteiger partial charge in [0.15, 0.2) is 0 Å². The van der Waals surface area contributed by atoms with Gasteiger partial charge < -0.3 is 10.4 Å². The molecule has 0 fully saturated rings. The zero-order chi connectivity index (χ0) is 12.3. The Morgan fingerprint density at radius 3 is 2.82 bits per heavy atom. The van der Waals surface area contributed by atoms with Crippen LogP contribution in [0.1, 0.15) is 15.2 Å². The van der Waals surface area contributed by atoms with Crippen LogP contribution in [0.3, 0.4) is 0 Å². The van der Waals surface area contributed by atoms with Crippen LogP contribution in [0.15, 0.2) is 35.7 Å². The molecule has 0 aliphatic rings. The maximum absolute atomic E-state index is 10.8. The second-order valence-corrected chi connectivity index (χ2v) is 4.87. The van der Waals surface area contributed by atoms with Gasteiger partial charge in [-0.15, -0.1) is 11.3 Å². The van der Waals surface area contributed by atoms with Crippen LogP contribution >= 0.6 is 22.9 Å². The molecular formula is C12H10ClNO2S. The molecule has 1 aromatic heterocycles. The van der Waals surface area contributed by atoms with Crippen LogP contribution in [-0.4, -0.2) is 11.1 Å². The van der Waals surface area contributed by atoms with Gasteiger partial charge in [0.05, 0.1) is 10.6 Å². The fourth-order valence-electron chi connectivity index (χ4n) is 1.40. The van der Waals surface area contributed by atoms with Crippen molar-refractivity contribution in [3.8, 4) is 0 Å². The minimum absolute atomic E-state index is 0.119. The van der Waals surface area contributed by atoms with Crippen LogP contribution in [0.4, 0.5) is 5.69 Å². The van der Waals surface area contributed by atoms with E-state index >= 15 is 0 Å². The Kier molecular flexibility index (Phi) is 3.66. The van der Waals surface area contributed by atoms with E-state index in [2.05, 4.69) is 5.32 Å². The summed E-state index contributed by atoms with van der Waals surface area (Å²) in [6, 6.07) is 8.86. The van der Waals surface area contributed by atoms with Crippen LogP contribution < -0.4 is 5.32 Å². The highest BCUT2D eigenvalue weighted by Gasteiger charge is 2.08. The summed E-state index contributed by atoms with van der Waals surface area (Å²) in [4.78, 5) is 12.0. The molecule has 2 rings (SSSR count). The predicted molar refractivity (Wildman–Crippen MR) is 70.1 cm³/mol. The molecule has 2 aromatic rings. The average Bonchev–Trinajstić information content (AvgIpc) is 2.78. The van der Waals surface area contributed by atoms with Gasteiger partial charge in [0.1, 0.15) is 0 Å². The number of carboxylic acids is 1. The van der Waals surface area contributed by atoms with Crippen LogP contribution in [0.25, 0.3) is 0 Å². The summed E-state index contributed by atoms with van der Waals surface area (Å²) in [6.07, 6.45) is 0. The summed E-state index contributed by atoms with van der Waals surface area (Å²) in [5.41, 5.74) is 0.932. The Balaban J connectivity index is 2.07. The number of hydrogen-bond donors (Lipinski definition) is 2. The maximum Gasteiger partial charge on any atom is 0.337 e. The highest BCUT2D eigenvalue weighted by molar-refractivity contribution is 7.09. The largest absolute Gasteiger partial charge is 0.478 e. The molecule has 17 heavy (non-hydrogen) atoms. The average molecular weight is 268 g/mol. The van der Waals surface area contributed by atoms with E-state index in [4.69, 9.17) is 16.7 Å². The molecule has 0 saturated carbocycles. The van der Waals surface area contributed by atoms with Crippen LogP contribution in [0, 0.1) is 0 Å². The fourth-order valence-corrected chi connectivity index (χ4v) is 2.31. The summed E-state index contributed by atoms with van der Waals surface area (Å²) in [5, 5.41) is 14.3. The smallest absolute Gasteiger partial charge is 0.337 e. The van der Waals surface area contributed by atoms with E-state index in [9.17, 15) is 4.79 Å². The summed E-state index contributed by atoms with van der Waals surface area (Å²) >= 11 is 7.53. The Hall–Kier alpha value is -1.52. The van der Waals surface area contributed by atoms with E-state index in [1.807, 2.05) is 17.5 Å². The summed E-state index contributed by atoms with van der Waals surface area (Å²) in [7, 11) is 0. The topological polar surface area (TPSA) is 49.3 Å². The number of thiophene rings is 1. The monoisotopic (exact) mass is 267 g/mol. The molecule has 0 bridgehead atoms. The SMILES string of the molecule is O=C(O)c1ccc(NCc2cccs2)cc1Cl. The van der Waals surface area contributed by atoms with Crippen molar-refractivity contribution < 1.29 is 9.90 Å².